The molecule has 0 bridgehead atoms. The van der Waals surface area contributed by atoms with Gasteiger partial charge in [0.2, 0.25) is 0 Å². The summed E-state index contributed by atoms with van der Waals surface area (Å²) in [7, 11) is 0. The molecular weight excluding hydrogens is 198 g/mol. The number of hydrogen-bond donors (Lipinski definition) is 0. The number of rotatable bonds is 5. The monoisotopic (exact) mass is 213 g/mol. The molecule has 0 aromatic heterocycles. The molecule has 0 spiro atoms. The molecule has 1 unspecified atom stereocenters. The van der Waals surface area contributed by atoms with Gasteiger partial charge in [0, 0.05) is 25.2 Å². The van der Waals surface area contributed by atoms with Crippen LogP contribution in [0.25, 0.3) is 0 Å². The quantitative estimate of drug-likeness (QED) is 0.630. The lowest BCUT2D eigenvalue weighted by atomic mass is 10.1. The number of imide groups is 1. The molecule has 1 fully saturated rings. The Hall–Kier alpha value is -1.23. The third-order valence-corrected chi connectivity index (χ3v) is 2.36. The molecule has 15 heavy (non-hydrogen) atoms. The van der Waals surface area contributed by atoms with E-state index in [0.717, 1.165) is 5.06 Å². The minimum Gasteiger partial charge on any atom is -0.299 e. The Bertz CT molecular complexity index is 271. The van der Waals surface area contributed by atoms with E-state index in [1.807, 2.05) is 0 Å². The summed E-state index contributed by atoms with van der Waals surface area (Å²) in [5.41, 5.74) is 0. The summed E-state index contributed by atoms with van der Waals surface area (Å²) in [5, 5.41) is 0.777. The van der Waals surface area contributed by atoms with Gasteiger partial charge in [-0.05, 0) is 0 Å². The second-order valence-corrected chi connectivity index (χ2v) is 3.60. The van der Waals surface area contributed by atoms with Gasteiger partial charge in [0.05, 0.1) is 6.61 Å². The highest BCUT2D eigenvalue weighted by atomic mass is 16.7. The van der Waals surface area contributed by atoms with Gasteiger partial charge in [-0.15, -0.1) is 0 Å². The van der Waals surface area contributed by atoms with Gasteiger partial charge in [0.15, 0.2) is 0 Å². The van der Waals surface area contributed by atoms with E-state index in [2.05, 4.69) is 0 Å². The molecule has 0 aromatic carbocycles. The molecule has 1 heterocycles. The zero-order chi connectivity index (χ0) is 11.4. The van der Waals surface area contributed by atoms with Crippen molar-refractivity contribution < 1.29 is 19.2 Å². The molecule has 5 nitrogen and oxygen atoms in total. The van der Waals surface area contributed by atoms with Crippen molar-refractivity contribution in [2.24, 2.45) is 5.92 Å². The average Bonchev–Trinajstić information content (AvgIpc) is 2.54. The minimum atomic E-state index is -0.323. The summed E-state index contributed by atoms with van der Waals surface area (Å²) < 4.78 is 0. The van der Waals surface area contributed by atoms with Crippen molar-refractivity contribution in [1.82, 2.24) is 5.06 Å². The zero-order valence-electron chi connectivity index (χ0n) is 8.99. The van der Waals surface area contributed by atoms with Gasteiger partial charge >= 0.3 is 0 Å². The molecule has 0 aliphatic carbocycles. The maximum Gasteiger partial charge on any atom is 0.253 e. The molecule has 1 saturated heterocycles. The van der Waals surface area contributed by atoms with Crippen molar-refractivity contribution in [2.45, 2.75) is 33.1 Å². The fraction of sp³-hybridized carbons (Fsp3) is 0.700. The zero-order valence-corrected chi connectivity index (χ0v) is 8.99. The topological polar surface area (TPSA) is 63.7 Å². The first-order chi connectivity index (χ1) is 7.06. The van der Waals surface area contributed by atoms with Crippen molar-refractivity contribution in [2.75, 3.05) is 6.61 Å². The number of Topliss-reactive ketones (excluding diaryl/α,β-unsaturated/α-hetero) is 1. The molecule has 1 atom stereocenters. The van der Waals surface area contributed by atoms with Crippen LogP contribution in [0.15, 0.2) is 0 Å². The molecule has 0 aromatic rings. The Morgan fingerprint density at radius 1 is 1.40 bits per heavy atom. The molecule has 2 amide bonds. The number of hydroxylamine groups is 2. The van der Waals surface area contributed by atoms with Crippen LogP contribution in [0.2, 0.25) is 0 Å². The van der Waals surface area contributed by atoms with E-state index in [-0.39, 0.29) is 43.0 Å². The van der Waals surface area contributed by atoms with E-state index in [9.17, 15) is 14.4 Å². The van der Waals surface area contributed by atoms with Gasteiger partial charge < -0.3 is 0 Å². The van der Waals surface area contributed by atoms with Gasteiger partial charge in [-0.25, -0.2) is 0 Å². The molecule has 0 saturated carbocycles. The summed E-state index contributed by atoms with van der Waals surface area (Å²) in [4.78, 5) is 38.5. The van der Waals surface area contributed by atoms with Crippen LogP contribution >= 0.6 is 0 Å². The first kappa shape index (κ1) is 11.8. The van der Waals surface area contributed by atoms with Crippen LogP contribution in [0.5, 0.6) is 0 Å². The molecule has 0 N–H and O–H groups in total. The van der Waals surface area contributed by atoms with Gasteiger partial charge in [-0.2, -0.15) is 5.06 Å². The number of nitrogens with zero attached hydrogens (tertiary/aromatic N) is 1. The third-order valence-electron chi connectivity index (χ3n) is 2.36. The predicted octanol–water partition coefficient (Wildman–Crippen LogP) is 0.682. The standard InChI is InChI=1S/C10H15NO4/c1-3-8(12)7(2)6-15-11-9(13)4-5-10(11)14/h7H,3-6H2,1-2H3. The van der Waals surface area contributed by atoms with E-state index < -0.39 is 0 Å². The van der Waals surface area contributed by atoms with Crippen molar-refractivity contribution in [3.8, 4) is 0 Å². The molecule has 1 aliphatic heterocycles. The highest BCUT2D eigenvalue weighted by Gasteiger charge is 2.30. The van der Waals surface area contributed by atoms with E-state index in [0.29, 0.717) is 6.42 Å². The van der Waals surface area contributed by atoms with Crippen molar-refractivity contribution in [3.63, 3.8) is 0 Å². The average molecular weight is 213 g/mol. The van der Waals surface area contributed by atoms with Crippen LogP contribution in [0, 0.1) is 5.92 Å². The van der Waals surface area contributed by atoms with Gasteiger partial charge in [-0.3, -0.25) is 19.2 Å². The van der Waals surface area contributed by atoms with E-state index in [1.54, 1.807) is 13.8 Å². The van der Waals surface area contributed by atoms with Crippen molar-refractivity contribution >= 4 is 17.6 Å². The van der Waals surface area contributed by atoms with Gasteiger partial charge in [-0.1, -0.05) is 13.8 Å². The normalized spacial score (nSPS) is 18.4. The van der Waals surface area contributed by atoms with E-state index in [4.69, 9.17) is 4.84 Å². The summed E-state index contributed by atoms with van der Waals surface area (Å²) in [6, 6.07) is 0. The highest BCUT2D eigenvalue weighted by molar-refractivity contribution is 6.00. The largest absolute Gasteiger partial charge is 0.299 e. The van der Waals surface area contributed by atoms with E-state index in [1.165, 1.54) is 0 Å². The minimum absolute atomic E-state index is 0.0640. The molecule has 5 heteroatoms. The number of ketones is 1. The maximum absolute atomic E-state index is 11.2. The molecule has 0 radical (unpaired) electrons. The number of carbonyl (C=O) groups is 3. The SMILES string of the molecule is CCC(=O)C(C)CON1C(=O)CCC1=O. The Labute approximate surface area is 88.3 Å². The number of amides is 2. The highest BCUT2D eigenvalue weighted by Crippen LogP contribution is 2.13. The third kappa shape index (κ3) is 2.86. The molecular formula is C10H15NO4. The molecule has 1 rings (SSSR count). The number of carbonyl (C=O) groups excluding carboxylic acids is 3. The predicted molar refractivity (Wildman–Crippen MR) is 51.5 cm³/mol. The van der Waals surface area contributed by atoms with Crippen LogP contribution in [0.4, 0.5) is 0 Å². The lowest BCUT2D eigenvalue weighted by Crippen LogP contribution is -2.32. The number of hydrogen-bond acceptors (Lipinski definition) is 4. The van der Waals surface area contributed by atoms with Crippen molar-refractivity contribution in [3.05, 3.63) is 0 Å². The summed E-state index contributed by atoms with van der Waals surface area (Å²) in [6.07, 6.45) is 0.844. The second-order valence-electron chi connectivity index (χ2n) is 3.60. The van der Waals surface area contributed by atoms with Gasteiger partial charge in [0.25, 0.3) is 11.8 Å². The van der Waals surface area contributed by atoms with Crippen LogP contribution in [-0.4, -0.2) is 29.3 Å². The summed E-state index contributed by atoms with van der Waals surface area (Å²) >= 11 is 0. The Morgan fingerprint density at radius 3 is 2.40 bits per heavy atom. The lowest BCUT2D eigenvalue weighted by Gasteiger charge is -2.15. The Balaban J connectivity index is 2.39. The van der Waals surface area contributed by atoms with Crippen molar-refractivity contribution in [1.29, 1.82) is 0 Å². The first-order valence-corrected chi connectivity index (χ1v) is 5.07. The van der Waals surface area contributed by atoms with Crippen LogP contribution < -0.4 is 0 Å². The molecule has 1 aliphatic rings. The smallest absolute Gasteiger partial charge is 0.253 e. The first-order valence-electron chi connectivity index (χ1n) is 5.07. The maximum atomic E-state index is 11.2. The van der Waals surface area contributed by atoms with Crippen LogP contribution in [0.3, 0.4) is 0 Å². The van der Waals surface area contributed by atoms with Crippen LogP contribution in [-0.2, 0) is 19.2 Å². The van der Waals surface area contributed by atoms with Gasteiger partial charge in [0.1, 0.15) is 5.78 Å². The second kappa shape index (κ2) is 5.02. The summed E-state index contributed by atoms with van der Waals surface area (Å²) in [5.74, 6) is -0.863. The Morgan fingerprint density at radius 2 is 1.93 bits per heavy atom. The summed E-state index contributed by atoms with van der Waals surface area (Å²) in [6.45, 7) is 3.58. The Kier molecular flexibility index (Phi) is 3.96. The fourth-order valence-electron chi connectivity index (χ4n) is 1.33. The van der Waals surface area contributed by atoms with E-state index >= 15 is 0 Å². The lowest BCUT2D eigenvalue weighted by molar-refractivity contribution is -0.191. The molecule has 84 valence electrons. The van der Waals surface area contributed by atoms with Crippen LogP contribution in [0.1, 0.15) is 33.1 Å². The fourth-order valence-corrected chi connectivity index (χ4v) is 1.33.